The molecule has 0 bridgehead atoms. The number of esters is 1. The van der Waals surface area contributed by atoms with Gasteiger partial charge in [0.25, 0.3) is 11.8 Å². The Kier molecular flexibility index (Phi) is 13.8. The number of ether oxygens (including phenoxy) is 5. The largest absolute Gasteiger partial charge is 0.493 e. The first kappa shape index (κ1) is 47.9. The Morgan fingerprint density at radius 3 is 2.13 bits per heavy atom. The number of hydrogen-bond acceptors (Lipinski definition) is 14. The van der Waals surface area contributed by atoms with Crippen molar-refractivity contribution in [3.05, 3.63) is 130 Å². The number of hydrogen-bond donors (Lipinski definition) is 5. The number of fused-ring (bicyclic) bond motifs is 8. The van der Waals surface area contributed by atoms with Crippen LogP contribution < -0.4 is 50.0 Å². The van der Waals surface area contributed by atoms with E-state index in [1.807, 2.05) is 53.4 Å². The Hall–Kier alpha value is -8.12. The highest BCUT2D eigenvalue weighted by Gasteiger charge is 2.39. The molecule has 5 aromatic carbocycles. The number of carbonyl (C=O) groups is 5. The van der Waals surface area contributed by atoms with E-state index in [0.717, 1.165) is 23.4 Å². The minimum Gasteiger partial charge on any atom is -0.493 e. The summed E-state index contributed by atoms with van der Waals surface area (Å²) in [5.74, 6) is -1.02. The van der Waals surface area contributed by atoms with Crippen molar-refractivity contribution in [3.8, 4) is 23.0 Å². The molecule has 4 amide bonds. The summed E-state index contributed by atoms with van der Waals surface area (Å²) in [6.45, 7) is 3.49. The maximum atomic E-state index is 14.1. The quantitative estimate of drug-likeness (QED) is 0.0795. The molecule has 4 aliphatic rings. The summed E-state index contributed by atoms with van der Waals surface area (Å²) in [5, 5.41) is 23.2. The number of para-hydroxylation sites is 2. The van der Waals surface area contributed by atoms with E-state index in [1.165, 1.54) is 40.7 Å². The van der Waals surface area contributed by atoms with Crippen molar-refractivity contribution < 1.29 is 52.8 Å². The fourth-order valence-electron chi connectivity index (χ4n) is 9.44. The maximum absolute atomic E-state index is 14.1. The van der Waals surface area contributed by atoms with E-state index in [2.05, 4.69) is 32.1 Å². The summed E-state index contributed by atoms with van der Waals surface area (Å²) in [4.78, 5) is 73.9. The number of methoxy groups -OCH3 is 3. The first-order chi connectivity index (χ1) is 34.3. The third-order valence-electron chi connectivity index (χ3n) is 13.1. The number of nitrogens with one attached hydrogen (secondary N) is 4. The van der Waals surface area contributed by atoms with Gasteiger partial charge in [-0.3, -0.25) is 33.9 Å². The molecule has 5 atom stereocenters. The lowest BCUT2D eigenvalue weighted by atomic mass is 10.0. The molecule has 5 N–H and O–H groups in total. The lowest BCUT2D eigenvalue weighted by Crippen LogP contribution is -2.51. The second-order valence-corrected chi connectivity index (χ2v) is 17.8. The number of rotatable bonds is 16. The molecule has 0 fully saturated rings. The van der Waals surface area contributed by atoms with Gasteiger partial charge in [-0.2, -0.15) is 0 Å². The van der Waals surface area contributed by atoms with Crippen molar-refractivity contribution in [2.45, 2.75) is 76.7 Å². The summed E-state index contributed by atoms with van der Waals surface area (Å²) in [6, 6.07) is 25.5. The van der Waals surface area contributed by atoms with E-state index in [-0.39, 0.29) is 49.7 Å². The van der Waals surface area contributed by atoms with Crippen LogP contribution in [0.15, 0.2) is 96.0 Å². The molecule has 71 heavy (non-hydrogen) atoms. The molecule has 4 heterocycles. The van der Waals surface area contributed by atoms with Gasteiger partial charge >= 0.3 is 5.97 Å². The van der Waals surface area contributed by atoms with E-state index < -0.39 is 42.0 Å². The summed E-state index contributed by atoms with van der Waals surface area (Å²) in [7, 11) is 4.26. The predicted octanol–water partition coefficient (Wildman–Crippen LogP) is 5.30. The Bertz CT molecular complexity index is 2940. The number of aliphatic hydroxyl groups is 1. The predicted molar refractivity (Wildman–Crippen MR) is 264 cm³/mol. The topological polar surface area (TPSA) is 219 Å². The molecule has 0 spiro atoms. The molecule has 5 aromatic rings. The van der Waals surface area contributed by atoms with Crippen LogP contribution in [0.2, 0.25) is 0 Å². The van der Waals surface area contributed by atoms with Gasteiger partial charge in [0.05, 0.1) is 51.1 Å². The van der Waals surface area contributed by atoms with Crippen LogP contribution in [-0.4, -0.2) is 99.5 Å². The van der Waals surface area contributed by atoms with Crippen molar-refractivity contribution in [3.63, 3.8) is 0 Å². The second-order valence-electron chi connectivity index (χ2n) is 17.8. The van der Waals surface area contributed by atoms with Crippen molar-refractivity contribution in [2.75, 3.05) is 49.5 Å². The molecule has 0 aliphatic carbocycles. The Morgan fingerprint density at radius 1 is 0.775 bits per heavy atom. The monoisotopic (exact) mass is 965 g/mol. The van der Waals surface area contributed by atoms with Crippen LogP contribution in [0.3, 0.4) is 0 Å². The van der Waals surface area contributed by atoms with Crippen LogP contribution in [0.1, 0.15) is 75.0 Å². The Labute approximate surface area is 410 Å². The number of nitrogens with zero attached hydrogens (tertiary/aromatic N) is 3. The third-order valence-corrected chi connectivity index (χ3v) is 13.1. The van der Waals surface area contributed by atoms with Crippen molar-refractivity contribution in [2.24, 2.45) is 4.99 Å². The van der Waals surface area contributed by atoms with Gasteiger partial charge in [0.2, 0.25) is 11.8 Å². The fourth-order valence-corrected chi connectivity index (χ4v) is 9.44. The van der Waals surface area contributed by atoms with E-state index in [4.69, 9.17) is 23.9 Å². The number of benzene rings is 5. The van der Waals surface area contributed by atoms with Crippen LogP contribution in [-0.2, 0) is 45.2 Å². The highest BCUT2D eigenvalue weighted by molar-refractivity contribution is 6.14. The molecule has 0 aromatic heterocycles. The van der Waals surface area contributed by atoms with Crippen molar-refractivity contribution >= 4 is 58.6 Å². The minimum absolute atomic E-state index is 0.0255. The Morgan fingerprint density at radius 2 is 1.42 bits per heavy atom. The molecule has 18 nitrogen and oxygen atoms in total. The van der Waals surface area contributed by atoms with Crippen LogP contribution in [0.25, 0.3) is 0 Å². The minimum atomic E-state index is -1.07. The lowest BCUT2D eigenvalue weighted by Gasteiger charge is -2.30. The van der Waals surface area contributed by atoms with Gasteiger partial charge in [0, 0.05) is 66.0 Å². The van der Waals surface area contributed by atoms with Gasteiger partial charge in [-0.25, -0.2) is 0 Å². The molecule has 0 radical (unpaired) electrons. The zero-order chi connectivity index (χ0) is 49.9. The first-order valence-electron chi connectivity index (χ1n) is 23.4. The normalized spacial score (nSPS) is 17.8. The van der Waals surface area contributed by atoms with Gasteiger partial charge in [0.1, 0.15) is 25.3 Å². The number of amides is 4. The van der Waals surface area contributed by atoms with Gasteiger partial charge in [-0.15, -0.1) is 0 Å². The molecular formula is C53H55N7O11. The SMILES string of the molecule is COC(=O)CCNC(=O)[C@H](C)NC(=O)[C@H](C)NC(=O)c1cc(COc2cc3c(cc2OC)C(=O)N2c4ccccc4C[C@H]2C=N3)cc(COc2cc3c(cc2OC)C(O)N2c4ccccc4C[C@H]2CN3)c1. The maximum Gasteiger partial charge on any atom is 0.307 e. The van der Waals surface area contributed by atoms with Crippen LogP contribution in [0, 0.1) is 0 Å². The van der Waals surface area contributed by atoms with E-state index in [0.29, 0.717) is 69.6 Å². The highest BCUT2D eigenvalue weighted by Crippen LogP contribution is 2.45. The number of carbonyl (C=O) groups excluding carboxylic acids is 5. The van der Waals surface area contributed by atoms with Gasteiger partial charge in [0.15, 0.2) is 29.2 Å². The number of aliphatic hydroxyl groups excluding tert-OH is 1. The zero-order valence-corrected chi connectivity index (χ0v) is 39.9. The zero-order valence-electron chi connectivity index (χ0n) is 39.9. The van der Waals surface area contributed by atoms with E-state index >= 15 is 0 Å². The molecule has 18 heteroatoms. The fraction of sp³-hybridized carbons (Fsp3) is 0.321. The summed E-state index contributed by atoms with van der Waals surface area (Å²) < 4.78 is 29.0. The lowest BCUT2D eigenvalue weighted by molar-refractivity contribution is -0.140. The second kappa shape index (κ2) is 20.5. The van der Waals surface area contributed by atoms with Crippen LogP contribution in [0.4, 0.5) is 22.7 Å². The summed E-state index contributed by atoms with van der Waals surface area (Å²) in [5.41, 5.74) is 7.47. The Balaban J connectivity index is 0.954. The molecule has 1 unspecified atom stereocenters. The van der Waals surface area contributed by atoms with Gasteiger partial charge < -0.3 is 55.0 Å². The smallest absolute Gasteiger partial charge is 0.307 e. The van der Waals surface area contributed by atoms with E-state index in [9.17, 15) is 29.1 Å². The molecule has 9 rings (SSSR count). The average molecular weight is 966 g/mol. The van der Waals surface area contributed by atoms with Crippen LogP contribution >= 0.6 is 0 Å². The van der Waals surface area contributed by atoms with Gasteiger partial charge in [-0.05, 0) is 85.0 Å². The molecule has 0 saturated carbocycles. The van der Waals surface area contributed by atoms with Crippen molar-refractivity contribution in [1.82, 2.24) is 16.0 Å². The number of anilines is 3. The highest BCUT2D eigenvalue weighted by atomic mass is 16.5. The van der Waals surface area contributed by atoms with Crippen LogP contribution in [0.5, 0.6) is 23.0 Å². The number of aliphatic imine (C=N–C) groups is 1. The summed E-state index contributed by atoms with van der Waals surface area (Å²) in [6.07, 6.45) is 2.22. The third kappa shape index (κ3) is 9.88. The van der Waals surface area contributed by atoms with Crippen molar-refractivity contribution in [1.29, 1.82) is 0 Å². The summed E-state index contributed by atoms with van der Waals surface area (Å²) >= 11 is 0. The molecule has 4 aliphatic heterocycles. The standard InChI is InChI=1S/C53H55N7O11/c1-29(49(62)54-15-14-48(61)69-5)57-50(63)30(2)58-51(64)35-17-31(27-70-46-23-40-38(21-44(46)67-3)52(65)59-36(25-55-40)19-33-10-6-8-12-42(33)59)16-32(18-35)28-71-47-24-41-39(22-45(47)68-4)53(66)60-37(26-56-41)20-34-11-7-9-13-43(34)60/h6-13,16-18,21-25,29-30,36-37,53,56,66H,14-15,19-20,26-28H2,1-5H3,(H,54,62)(H,57,63)(H,58,64)/t29-,30-,36-,37-,53?/m0/s1. The first-order valence-corrected chi connectivity index (χ1v) is 23.4. The molecule has 0 saturated heterocycles. The van der Waals surface area contributed by atoms with Gasteiger partial charge in [-0.1, -0.05) is 36.4 Å². The van der Waals surface area contributed by atoms with E-state index in [1.54, 1.807) is 47.5 Å². The molecule has 368 valence electrons. The average Bonchev–Trinajstić information content (AvgIpc) is 3.87. The molecular weight excluding hydrogens is 911 g/mol.